The lowest BCUT2D eigenvalue weighted by atomic mass is 10.1. The molecule has 27 heavy (non-hydrogen) atoms. The van der Waals surface area contributed by atoms with Crippen LogP contribution in [0.25, 0.3) is 0 Å². The number of Topliss-reactive ketones (excluding diaryl/α,β-unsaturated/α-hetero) is 1. The van der Waals surface area contributed by atoms with Crippen LogP contribution in [0.3, 0.4) is 0 Å². The van der Waals surface area contributed by atoms with Gasteiger partial charge in [-0.05, 0) is 48.9 Å². The van der Waals surface area contributed by atoms with E-state index in [0.717, 1.165) is 10.4 Å². The number of aromatic nitrogens is 1. The molecular formula is C20H17ClN2O3S. The summed E-state index contributed by atoms with van der Waals surface area (Å²) in [7, 11) is 0. The van der Waals surface area contributed by atoms with Gasteiger partial charge >= 0.3 is 0 Å². The lowest BCUT2D eigenvalue weighted by Gasteiger charge is -2.06. The lowest BCUT2D eigenvalue weighted by molar-refractivity contribution is -0.118. The van der Waals surface area contributed by atoms with Crippen molar-refractivity contribution in [2.45, 2.75) is 13.3 Å². The number of ether oxygens (including phenoxy) is 1. The number of nitrogens with zero attached hydrogens (tertiary/aromatic N) is 1. The zero-order chi connectivity index (χ0) is 19.2. The Bertz CT molecular complexity index is 954. The van der Waals surface area contributed by atoms with E-state index in [1.165, 1.54) is 18.3 Å². The summed E-state index contributed by atoms with van der Waals surface area (Å²) in [5.74, 6) is 0.210. The highest BCUT2D eigenvalue weighted by Crippen LogP contribution is 2.22. The van der Waals surface area contributed by atoms with Gasteiger partial charge in [-0.2, -0.15) is 0 Å². The highest BCUT2D eigenvalue weighted by Gasteiger charge is 2.09. The molecule has 0 atom stereocenters. The molecule has 1 N–H and O–H groups in total. The summed E-state index contributed by atoms with van der Waals surface area (Å²) >= 11 is 7.40. The van der Waals surface area contributed by atoms with Gasteiger partial charge in [0.05, 0.1) is 0 Å². The topological polar surface area (TPSA) is 68.3 Å². The van der Waals surface area contributed by atoms with Crippen LogP contribution in [0.4, 0.5) is 5.13 Å². The molecule has 2 aromatic carbocycles. The maximum atomic E-state index is 12.0. The average Bonchev–Trinajstić information content (AvgIpc) is 3.07. The summed E-state index contributed by atoms with van der Waals surface area (Å²) in [6.07, 6.45) is 2.44. The Morgan fingerprint density at radius 3 is 2.67 bits per heavy atom. The zero-order valence-corrected chi connectivity index (χ0v) is 16.1. The van der Waals surface area contributed by atoms with Gasteiger partial charge in [-0.3, -0.25) is 14.9 Å². The van der Waals surface area contributed by atoms with E-state index in [0.29, 0.717) is 27.9 Å². The monoisotopic (exact) mass is 400 g/mol. The van der Waals surface area contributed by atoms with Crippen LogP contribution in [0.1, 0.15) is 27.7 Å². The molecule has 0 aliphatic rings. The molecule has 0 bridgehead atoms. The maximum absolute atomic E-state index is 12.0. The van der Waals surface area contributed by atoms with E-state index in [9.17, 15) is 9.59 Å². The Kier molecular flexibility index (Phi) is 6.21. The molecular weight excluding hydrogens is 384 g/mol. The van der Waals surface area contributed by atoms with E-state index in [-0.39, 0.29) is 18.3 Å². The Morgan fingerprint density at radius 2 is 1.96 bits per heavy atom. The molecule has 0 fully saturated rings. The number of rotatable bonds is 7. The fourth-order valence-corrected chi connectivity index (χ4v) is 3.46. The van der Waals surface area contributed by atoms with Crippen LogP contribution < -0.4 is 10.1 Å². The Morgan fingerprint density at radius 1 is 1.19 bits per heavy atom. The fraction of sp³-hybridized carbons (Fsp3) is 0.150. The number of thiazole rings is 1. The first-order valence-electron chi connectivity index (χ1n) is 8.22. The number of ketones is 1. The van der Waals surface area contributed by atoms with Gasteiger partial charge < -0.3 is 4.74 Å². The van der Waals surface area contributed by atoms with Crippen LogP contribution >= 0.6 is 22.9 Å². The zero-order valence-electron chi connectivity index (χ0n) is 14.6. The minimum Gasteiger partial charge on any atom is -0.484 e. The Labute approximate surface area is 166 Å². The molecule has 1 amide bonds. The molecule has 3 rings (SSSR count). The van der Waals surface area contributed by atoms with Crippen molar-refractivity contribution in [3.63, 3.8) is 0 Å². The molecule has 3 aromatic rings. The van der Waals surface area contributed by atoms with E-state index in [1.54, 1.807) is 30.5 Å². The summed E-state index contributed by atoms with van der Waals surface area (Å²) in [4.78, 5) is 28.5. The van der Waals surface area contributed by atoms with Gasteiger partial charge in [-0.25, -0.2) is 4.98 Å². The number of carbonyl (C=O) groups excluding carboxylic acids is 2. The van der Waals surface area contributed by atoms with Gasteiger partial charge in [0.2, 0.25) is 0 Å². The van der Waals surface area contributed by atoms with Crippen LogP contribution in [0, 0.1) is 0 Å². The molecule has 0 saturated carbocycles. The minimum atomic E-state index is -0.297. The number of hydrogen-bond donors (Lipinski definition) is 1. The van der Waals surface area contributed by atoms with Crippen molar-refractivity contribution in [2.75, 3.05) is 11.9 Å². The number of benzene rings is 2. The SMILES string of the molecule is CC(=O)c1ccc(OCC(=O)Nc2ncc(Cc3cccc(Cl)c3)s2)cc1. The fourth-order valence-electron chi connectivity index (χ4n) is 2.39. The summed E-state index contributed by atoms with van der Waals surface area (Å²) < 4.78 is 5.43. The van der Waals surface area contributed by atoms with Crippen LogP contribution in [0.2, 0.25) is 5.02 Å². The van der Waals surface area contributed by atoms with Gasteiger partial charge in [0.1, 0.15) is 5.75 Å². The second kappa shape index (κ2) is 8.79. The largest absolute Gasteiger partial charge is 0.484 e. The smallest absolute Gasteiger partial charge is 0.264 e. The van der Waals surface area contributed by atoms with Gasteiger partial charge in [-0.1, -0.05) is 23.7 Å². The number of carbonyl (C=O) groups is 2. The van der Waals surface area contributed by atoms with Crippen LogP contribution in [0.5, 0.6) is 5.75 Å². The first kappa shape index (κ1) is 19.1. The molecule has 5 nitrogen and oxygen atoms in total. The molecule has 0 aliphatic carbocycles. The van der Waals surface area contributed by atoms with Crippen molar-refractivity contribution < 1.29 is 14.3 Å². The van der Waals surface area contributed by atoms with Crippen LogP contribution in [-0.4, -0.2) is 23.3 Å². The second-order valence-electron chi connectivity index (χ2n) is 5.86. The van der Waals surface area contributed by atoms with Crippen molar-refractivity contribution >= 4 is 39.8 Å². The third-order valence-electron chi connectivity index (χ3n) is 3.70. The molecule has 0 aliphatic heterocycles. The van der Waals surface area contributed by atoms with E-state index in [4.69, 9.17) is 16.3 Å². The summed E-state index contributed by atoms with van der Waals surface area (Å²) in [6, 6.07) is 14.3. The van der Waals surface area contributed by atoms with Crippen LogP contribution in [0.15, 0.2) is 54.7 Å². The maximum Gasteiger partial charge on any atom is 0.264 e. The normalized spacial score (nSPS) is 10.4. The van der Waals surface area contributed by atoms with Gasteiger partial charge in [0.25, 0.3) is 5.91 Å². The van der Waals surface area contributed by atoms with E-state index >= 15 is 0 Å². The first-order chi connectivity index (χ1) is 13.0. The minimum absolute atomic E-state index is 0.0170. The third kappa shape index (κ3) is 5.64. The molecule has 0 unspecified atom stereocenters. The van der Waals surface area contributed by atoms with Crippen molar-refractivity contribution in [1.82, 2.24) is 4.98 Å². The molecule has 1 aromatic heterocycles. The molecule has 1 heterocycles. The van der Waals surface area contributed by atoms with Gasteiger partial charge in [0.15, 0.2) is 17.5 Å². The third-order valence-corrected chi connectivity index (χ3v) is 4.85. The number of hydrogen-bond acceptors (Lipinski definition) is 5. The summed E-state index contributed by atoms with van der Waals surface area (Å²) in [5, 5.41) is 3.94. The van der Waals surface area contributed by atoms with Crippen molar-refractivity contribution in [1.29, 1.82) is 0 Å². The Hall–Kier alpha value is -2.70. The summed E-state index contributed by atoms with van der Waals surface area (Å²) in [5.41, 5.74) is 1.68. The Balaban J connectivity index is 1.51. The van der Waals surface area contributed by atoms with E-state index < -0.39 is 0 Å². The second-order valence-corrected chi connectivity index (χ2v) is 7.41. The molecule has 0 saturated heterocycles. The van der Waals surface area contributed by atoms with E-state index in [2.05, 4.69) is 10.3 Å². The lowest BCUT2D eigenvalue weighted by Crippen LogP contribution is -2.20. The molecule has 0 radical (unpaired) electrons. The summed E-state index contributed by atoms with van der Waals surface area (Å²) in [6.45, 7) is 1.36. The predicted molar refractivity (Wildman–Crippen MR) is 107 cm³/mol. The highest BCUT2D eigenvalue weighted by molar-refractivity contribution is 7.15. The van der Waals surface area contributed by atoms with Gasteiger partial charge in [-0.15, -0.1) is 11.3 Å². The number of halogens is 1. The number of nitrogens with one attached hydrogen (secondary N) is 1. The van der Waals surface area contributed by atoms with Crippen LogP contribution in [-0.2, 0) is 11.2 Å². The molecule has 0 spiro atoms. The van der Waals surface area contributed by atoms with Gasteiger partial charge in [0, 0.05) is 28.1 Å². The number of anilines is 1. The quantitative estimate of drug-likeness (QED) is 0.588. The first-order valence-corrected chi connectivity index (χ1v) is 9.42. The van der Waals surface area contributed by atoms with Crippen molar-refractivity contribution in [2.24, 2.45) is 0 Å². The standard InChI is InChI=1S/C20H17ClN2O3S/c1-13(24)15-5-7-17(8-6-15)26-12-19(25)23-20-22-11-18(27-20)10-14-3-2-4-16(21)9-14/h2-9,11H,10,12H2,1H3,(H,22,23,25). The number of amides is 1. The average molecular weight is 401 g/mol. The van der Waals surface area contributed by atoms with Crippen molar-refractivity contribution in [3.8, 4) is 5.75 Å². The van der Waals surface area contributed by atoms with E-state index in [1.807, 2.05) is 24.3 Å². The molecule has 7 heteroatoms. The predicted octanol–water partition coefficient (Wildman–Crippen LogP) is 4.61. The highest BCUT2D eigenvalue weighted by atomic mass is 35.5. The van der Waals surface area contributed by atoms with Crippen molar-refractivity contribution in [3.05, 3.63) is 75.8 Å². The molecule has 138 valence electrons.